The lowest BCUT2D eigenvalue weighted by Gasteiger charge is -2.23. The summed E-state index contributed by atoms with van der Waals surface area (Å²) in [7, 11) is 0. The van der Waals surface area contributed by atoms with Gasteiger partial charge in [0, 0.05) is 11.4 Å². The number of carbonyl (C=O) groups is 1. The van der Waals surface area contributed by atoms with Crippen molar-refractivity contribution in [3.8, 4) is 6.07 Å². The molecule has 0 aliphatic heterocycles. The number of likely N-dealkylation sites (N-methyl/N-ethyl adjacent to an activating group) is 1. The van der Waals surface area contributed by atoms with Gasteiger partial charge in [0.1, 0.15) is 5.92 Å². The Morgan fingerprint density at radius 2 is 2.05 bits per heavy atom. The van der Waals surface area contributed by atoms with Gasteiger partial charge < -0.3 is 4.90 Å². The first kappa shape index (κ1) is 14.3. The predicted molar refractivity (Wildman–Crippen MR) is 80.2 cm³/mol. The second-order valence-electron chi connectivity index (χ2n) is 4.40. The first-order valence-corrected chi connectivity index (χ1v) is 7.40. The van der Waals surface area contributed by atoms with Gasteiger partial charge in [-0.25, -0.2) is 0 Å². The molecule has 0 spiro atoms. The third-order valence-electron chi connectivity index (χ3n) is 3.13. The van der Waals surface area contributed by atoms with Crippen LogP contribution in [-0.2, 0) is 11.3 Å². The molecule has 2 aromatic rings. The van der Waals surface area contributed by atoms with Crippen molar-refractivity contribution >= 4 is 17.2 Å². The van der Waals surface area contributed by atoms with Gasteiger partial charge in [0.25, 0.3) is 0 Å². The maximum Gasteiger partial charge on any atom is 0.244 e. The number of hydrogen-bond donors (Lipinski definition) is 0. The average molecular weight is 284 g/mol. The monoisotopic (exact) mass is 284 g/mol. The van der Waals surface area contributed by atoms with Crippen molar-refractivity contribution in [1.29, 1.82) is 5.26 Å². The molecule has 0 N–H and O–H groups in total. The number of thiophene rings is 1. The first-order chi connectivity index (χ1) is 9.76. The Balaban J connectivity index is 2.16. The van der Waals surface area contributed by atoms with Gasteiger partial charge in [0.05, 0.1) is 12.6 Å². The summed E-state index contributed by atoms with van der Waals surface area (Å²) in [6.07, 6.45) is 0. The number of amides is 1. The standard InChI is InChI=1S/C16H16N2OS/c1-2-18(12-14-9-6-10-20-14)16(19)15(11-17)13-7-4-3-5-8-13/h3-10,15H,2,12H2,1H3. The number of rotatable bonds is 5. The van der Waals surface area contributed by atoms with E-state index in [9.17, 15) is 10.1 Å². The van der Waals surface area contributed by atoms with Crippen molar-refractivity contribution in [2.45, 2.75) is 19.4 Å². The molecule has 1 heterocycles. The van der Waals surface area contributed by atoms with E-state index in [1.807, 2.05) is 54.8 Å². The van der Waals surface area contributed by atoms with E-state index in [-0.39, 0.29) is 5.91 Å². The molecule has 4 heteroatoms. The molecular weight excluding hydrogens is 268 g/mol. The van der Waals surface area contributed by atoms with E-state index in [1.165, 1.54) is 0 Å². The fourth-order valence-corrected chi connectivity index (χ4v) is 2.76. The fraction of sp³-hybridized carbons (Fsp3) is 0.250. The lowest BCUT2D eigenvalue weighted by Crippen LogP contribution is -2.33. The van der Waals surface area contributed by atoms with Crippen LogP contribution in [0.5, 0.6) is 0 Å². The Labute approximate surface area is 123 Å². The number of nitriles is 1. The maximum absolute atomic E-state index is 12.5. The van der Waals surface area contributed by atoms with Gasteiger partial charge in [0.15, 0.2) is 0 Å². The molecule has 1 unspecified atom stereocenters. The molecule has 0 bridgehead atoms. The normalized spacial score (nSPS) is 11.6. The molecule has 3 nitrogen and oxygen atoms in total. The Bertz CT molecular complexity index is 587. The topological polar surface area (TPSA) is 44.1 Å². The van der Waals surface area contributed by atoms with Crippen LogP contribution in [0.4, 0.5) is 0 Å². The molecule has 20 heavy (non-hydrogen) atoms. The Morgan fingerprint density at radius 1 is 1.30 bits per heavy atom. The van der Waals surface area contributed by atoms with Crippen molar-refractivity contribution < 1.29 is 4.79 Å². The zero-order valence-corrected chi connectivity index (χ0v) is 12.1. The summed E-state index contributed by atoms with van der Waals surface area (Å²) in [6.45, 7) is 3.10. The summed E-state index contributed by atoms with van der Waals surface area (Å²) in [5, 5.41) is 11.3. The van der Waals surface area contributed by atoms with Gasteiger partial charge in [-0.1, -0.05) is 36.4 Å². The smallest absolute Gasteiger partial charge is 0.244 e. The molecule has 0 fully saturated rings. The molecule has 0 aliphatic carbocycles. The van der Waals surface area contributed by atoms with Gasteiger partial charge in [-0.05, 0) is 23.9 Å². The highest BCUT2D eigenvalue weighted by Crippen LogP contribution is 2.20. The third-order valence-corrected chi connectivity index (χ3v) is 3.99. The van der Waals surface area contributed by atoms with E-state index in [1.54, 1.807) is 16.2 Å². The lowest BCUT2D eigenvalue weighted by atomic mass is 9.99. The molecule has 0 radical (unpaired) electrons. The number of nitrogens with zero attached hydrogens (tertiary/aromatic N) is 2. The highest BCUT2D eigenvalue weighted by molar-refractivity contribution is 7.09. The van der Waals surface area contributed by atoms with Crippen LogP contribution in [0.15, 0.2) is 47.8 Å². The highest BCUT2D eigenvalue weighted by atomic mass is 32.1. The molecule has 1 amide bonds. The van der Waals surface area contributed by atoms with Crippen molar-refractivity contribution in [3.05, 3.63) is 58.3 Å². The lowest BCUT2D eigenvalue weighted by molar-refractivity contribution is -0.131. The van der Waals surface area contributed by atoms with Crippen LogP contribution in [0.25, 0.3) is 0 Å². The van der Waals surface area contributed by atoms with Crippen LogP contribution in [0.2, 0.25) is 0 Å². The summed E-state index contributed by atoms with van der Waals surface area (Å²) in [4.78, 5) is 15.4. The summed E-state index contributed by atoms with van der Waals surface area (Å²) >= 11 is 1.62. The van der Waals surface area contributed by atoms with Gasteiger partial charge in [0.2, 0.25) is 5.91 Å². The molecule has 0 saturated carbocycles. The van der Waals surface area contributed by atoms with E-state index in [0.29, 0.717) is 13.1 Å². The zero-order chi connectivity index (χ0) is 14.4. The zero-order valence-electron chi connectivity index (χ0n) is 11.3. The third kappa shape index (κ3) is 3.25. The number of hydrogen-bond acceptors (Lipinski definition) is 3. The van der Waals surface area contributed by atoms with Crippen LogP contribution < -0.4 is 0 Å². The minimum Gasteiger partial charge on any atom is -0.336 e. The summed E-state index contributed by atoms with van der Waals surface area (Å²) in [5.41, 5.74) is 0.754. The Morgan fingerprint density at radius 3 is 2.60 bits per heavy atom. The van der Waals surface area contributed by atoms with Crippen molar-refractivity contribution in [3.63, 3.8) is 0 Å². The number of carbonyl (C=O) groups excluding carboxylic acids is 1. The predicted octanol–water partition coefficient (Wildman–Crippen LogP) is 3.40. The molecule has 0 aliphatic rings. The molecule has 102 valence electrons. The average Bonchev–Trinajstić information content (AvgIpc) is 2.99. The second kappa shape index (κ2) is 6.88. The quantitative estimate of drug-likeness (QED) is 0.844. The fourth-order valence-electron chi connectivity index (χ4n) is 2.04. The second-order valence-corrected chi connectivity index (χ2v) is 5.44. The van der Waals surface area contributed by atoms with Gasteiger partial charge in [-0.3, -0.25) is 4.79 Å². The van der Waals surface area contributed by atoms with Crippen LogP contribution in [-0.4, -0.2) is 17.4 Å². The van der Waals surface area contributed by atoms with Gasteiger partial charge >= 0.3 is 0 Å². The summed E-state index contributed by atoms with van der Waals surface area (Å²) in [5.74, 6) is -0.856. The van der Waals surface area contributed by atoms with Crippen molar-refractivity contribution in [1.82, 2.24) is 4.90 Å². The highest BCUT2D eigenvalue weighted by Gasteiger charge is 2.25. The number of benzene rings is 1. The van der Waals surface area contributed by atoms with E-state index in [0.717, 1.165) is 10.4 Å². The SMILES string of the molecule is CCN(Cc1cccs1)C(=O)C(C#N)c1ccccc1. The van der Waals surface area contributed by atoms with E-state index >= 15 is 0 Å². The molecular formula is C16H16N2OS. The van der Waals surface area contributed by atoms with Crippen LogP contribution in [0, 0.1) is 11.3 Å². The Hall–Kier alpha value is -2.12. The van der Waals surface area contributed by atoms with Gasteiger partial charge in [-0.15, -0.1) is 11.3 Å². The summed E-state index contributed by atoms with van der Waals surface area (Å²) < 4.78 is 0. The largest absolute Gasteiger partial charge is 0.336 e. The molecule has 1 aromatic heterocycles. The van der Waals surface area contributed by atoms with E-state index in [4.69, 9.17) is 0 Å². The van der Waals surface area contributed by atoms with E-state index in [2.05, 4.69) is 6.07 Å². The molecule has 1 aromatic carbocycles. The first-order valence-electron chi connectivity index (χ1n) is 6.52. The van der Waals surface area contributed by atoms with Crippen LogP contribution in [0.1, 0.15) is 23.3 Å². The molecule has 1 atom stereocenters. The molecule has 2 rings (SSSR count). The Kier molecular flexibility index (Phi) is 4.91. The minimum absolute atomic E-state index is 0.130. The van der Waals surface area contributed by atoms with Crippen molar-refractivity contribution in [2.24, 2.45) is 0 Å². The van der Waals surface area contributed by atoms with Crippen LogP contribution >= 0.6 is 11.3 Å². The summed E-state index contributed by atoms with van der Waals surface area (Å²) in [6, 6.07) is 15.3. The van der Waals surface area contributed by atoms with Gasteiger partial charge in [-0.2, -0.15) is 5.26 Å². The van der Waals surface area contributed by atoms with E-state index < -0.39 is 5.92 Å². The van der Waals surface area contributed by atoms with Crippen molar-refractivity contribution in [2.75, 3.05) is 6.54 Å². The molecule has 0 saturated heterocycles. The van der Waals surface area contributed by atoms with Crippen LogP contribution in [0.3, 0.4) is 0 Å². The minimum atomic E-state index is -0.726. The maximum atomic E-state index is 12.5.